The maximum Gasteiger partial charge on any atom is 0.306 e. The lowest BCUT2D eigenvalue weighted by Gasteiger charge is -2.25. The lowest BCUT2D eigenvalue weighted by molar-refractivity contribution is -0.146. The van der Waals surface area contributed by atoms with Gasteiger partial charge in [0.05, 0.1) is 13.5 Å². The van der Waals surface area contributed by atoms with Gasteiger partial charge in [-0.2, -0.15) is 0 Å². The topological polar surface area (TPSA) is 47.6 Å². The molecule has 0 saturated carbocycles. The van der Waals surface area contributed by atoms with Gasteiger partial charge < -0.3 is 14.8 Å². The van der Waals surface area contributed by atoms with E-state index in [4.69, 9.17) is 9.47 Å². The van der Waals surface area contributed by atoms with Crippen LogP contribution < -0.4 is 10.1 Å². The van der Waals surface area contributed by atoms with Crippen molar-refractivity contribution in [1.82, 2.24) is 5.32 Å². The molecule has 0 amide bonds. The number of hydrogen-bond donors (Lipinski definition) is 1. The highest BCUT2D eigenvalue weighted by Gasteiger charge is 2.20. The summed E-state index contributed by atoms with van der Waals surface area (Å²) < 4.78 is 10.3. The first-order chi connectivity index (χ1) is 8.28. The van der Waals surface area contributed by atoms with Crippen molar-refractivity contribution in [3.63, 3.8) is 0 Å². The summed E-state index contributed by atoms with van der Waals surface area (Å²) in [6.07, 6.45) is 0.517. The van der Waals surface area contributed by atoms with Gasteiger partial charge in [0.15, 0.2) is 0 Å². The fourth-order valence-electron chi connectivity index (χ4n) is 1.67. The number of esters is 1. The summed E-state index contributed by atoms with van der Waals surface area (Å²) in [7, 11) is 1.63. The third kappa shape index (κ3) is 3.46. The number of carbonyl (C=O) groups is 1. The molecule has 1 aromatic rings. The van der Waals surface area contributed by atoms with Crippen molar-refractivity contribution in [2.75, 3.05) is 20.2 Å². The fraction of sp³-hybridized carbons (Fsp3) is 0.462. The predicted octanol–water partition coefficient (Wildman–Crippen LogP) is 1.35. The summed E-state index contributed by atoms with van der Waals surface area (Å²) in [5, 5.41) is 3.13. The molecule has 0 bridgehead atoms. The number of carbonyl (C=O) groups excluding carboxylic acids is 1. The van der Waals surface area contributed by atoms with Crippen LogP contribution in [-0.4, -0.2) is 26.2 Å². The zero-order valence-electron chi connectivity index (χ0n) is 9.94. The Morgan fingerprint density at radius 3 is 2.59 bits per heavy atom. The molecule has 1 aliphatic rings. The Labute approximate surface area is 101 Å². The Bertz CT molecular complexity index is 371. The fourth-order valence-corrected chi connectivity index (χ4v) is 1.67. The van der Waals surface area contributed by atoms with Gasteiger partial charge in [-0.05, 0) is 36.7 Å². The lowest BCUT2D eigenvalue weighted by atomic mass is 10.00. The third-order valence-electron chi connectivity index (χ3n) is 2.88. The first-order valence-corrected chi connectivity index (χ1v) is 5.77. The summed E-state index contributed by atoms with van der Waals surface area (Å²) in [6, 6.07) is 7.52. The molecule has 1 N–H and O–H groups in total. The van der Waals surface area contributed by atoms with E-state index < -0.39 is 0 Å². The van der Waals surface area contributed by atoms with Gasteiger partial charge in [0, 0.05) is 0 Å². The second kappa shape index (κ2) is 5.68. The molecule has 0 spiro atoms. The molecule has 0 radical (unpaired) electrons. The van der Waals surface area contributed by atoms with Crippen LogP contribution >= 0.6 is 0 Å². The van der Waals surface area contributed by atoms with E-state index in [1.807, 2.05) is 24.3 Å². The average molecular weight is 235 g/mol. The second-order valence-electron chi connectivity index (χ2n) is 4.24. The van der Waals surface area contributed by atoms with Gasteiger partial charge in [-0.1, -0.05) is 12.1 Å². The highest BCUT2D eigenvalue weighted by Crippen LogP contribution is 2.13. The molecule has 0 aliphatic carbocycles. The van der Waals surface area contributed by atoms with E-state index in [2.05, 4.69) is 5.32 Å². The molecular formula is C13H17NO3. The van der Waals surface area contributed by atoms with E-state index in [1.165, 1.54) is 0 Å². The highest BCUT2D eigenvalue weighted by atomic mass is 16.5. The minimum absolute atomic E-state index is 0.118. The normalized spacial score (nSPS) is 15.1. The second-order valence-corrected chi connectivity index (χ2v) is 4.24. The Morgan fingerprint density at radius 1 is 1.35 bits per heavy atom. The number of nitrogens with one attached hydrogen (secondary N) is 1. The van der Waals surface area contributed by atoms with E-state index in [1.54, 1.807) is 7.11 Å². The maximum absolute atomic E-state index is 11.5. The Balaban J connectivity index is 1.74. The molecule has 0 aromatic heterocycles. The van der Waals surface area contributed by atoms with E-state index in [0.29, 0.717) is 18.9 Å². The molecule has 1 aromatic carbocycles. The average Bonchev–Trinajstić information content (AvgIpc) is 2.32. The minimum atomic E-state index is -0.118. The van der Waals surface area contributed by atoms with Gasteiger partial charge in [-0.25, -0.2) is 0 Å². The molecule has 2 rings (SSSR count). The van der Waals surface area contributed by atoms with Crippen molar-refractivity contribution in [3.8, 4) is 5.75 Å². The van der Waals surface area contributed by atoms with Crippen molar-refractivity contribution in [1.29, 1.82) is 0 Å². The smallest absolute Gasteiger partial charge is 0.306 e. The van der Waals surface area contributed by atoms with Crippen molar-refractivity contribution in [3.05, 3.63) is 29.8 Å². The number of hydrogen-bond acceptors (Lipinski definition) is 4. The summed E-state index contributed by atoms with van der Waals surface area (Å²) in [6.45, 7) is 2.19. The van der Waals surface area contributed by atoms with Crippen LogP contribution in [0, 0.1) is 5.92 Å². The Morgan fingerprint density at radius 2 is 2.06 bits per heavy atom. The number of ether oxygens (including phenoxy) is 2. The van der Waals surface area contributed by atoms with Crippen LogP contribution in [0.4, 0.5) is 0 Å². The molecule has 0 atom stereocenters. The van der Waals surface area contributed by atoms with Gasteiger partial charge in [-0.3, -0.25) is 4.79 Å². The van der Waals surface area contributed by atoms with Gasteiger partial charge >= 0.3 is 5.97 Å². The van der Waals surface area contributed by atoms with Gasteiger partial charge in [0.25, 0.3) is 0 Å². The van der Waals surface area contributed by atoms with Crippen LogP contribution in [0.25, 0.3) is 0 Å². The molecule has 1 saturated heterocycles. The van der Waals surface area contributed by atoms with Crippen LogP contribution in [0.1, 0.15) is 12.0 Å². The first kappa shape index (κ1) is 11.9. The molecule has 1 heterocycles. The number of rotatable bonds is 5. The molecule has 92 valence electrons. The summed E-state index contributed by atoms with van der Waals surface area (Å²) >= 11 is 0. The van der Waals surface area contributed by atoms with Crippen molar-refractivity contribution < 1.29 is 14.3 Å². The third-order valence-corrected chi connectivity index (χ3v) is 2.88. The van der Waals surface area contributed by atoms with Crippen molar-refractivity contribution >= 4 is 5.97 Å². The highest BCUT2D eigenvalue weighted by molar-refractivity contribution is 5.69. The SMILES string of the molecule is COc1ccc(COC(=O)CC2CNC2)cc1. The molecule has 4 nitrogen and oxygen atoms in total. The molecule has 0 unspecified atom stereocenters. The van der Waals surface area contributed by atoms with Crippen LogP contribution in [0.15, 0.2) is 24.3 Å². The first-order valence-electron chi connectivity index (χ1n) is 5.77. The van der Waals surface area contributed by atoms with Crippen LogP contribution in [0.5, 0.6) is 5.75 Å². The van der Waals surface area contributed by atoms with E-state index in [-0.39, 0.29) is 5.97 Å². The molecular weight excluding hydrogens is 218 g/mol. The summed E-state index contributed by atoms with van der Waals surface area (Å²) in [5.74, 6) is 1.14. The number of benzene rings is 1. The monoisotopic (exact) mass is 235 g/mol. The summed E-state index contributed by atoms with van der Waals surface area (Å²) in [5.41, 5.74) is 0.978. The Hall–Kier alpha value is -1.55. The minimum Gasteiger partial charge on any atom is -0.497 e. The zero-order chi connectivity index (χ0) is 12.1. The van der Waals surface area contributed by atoms with Gasteiger partial charge in [0.1, 0.15) is 12.4 Å². The molecule has 4 heteroatoms. The van der Waals surface area contributed by atoms with E-state index in [0.717, 1.165) is 24.4 Å². The molecule has 1 aliphatic heterocycles. The van der Waals surface area contributed by atoms with Crippen LogP contribution in [0.3, 0.4) is 0 Å². The lowest BCUT2D eigenvalue weighted by Crippen LogP contribution is -2.43. The van der Waals surface area contributed by atoms with Crippen LogP contribution in [0.2, 0.25) is 0 Å². The summed E-state index contributed by atoms with van der Waals surface area (Å²) in [4.78, 5) is 11.5. The van der Waals surface area contributed by atoms with Gasteiger partial charge in [0.2, 0.25) is 0 Å². The zero-order valence-corrected chi connectivity index (χ0v) is 9.94. The predicted molar refractivity (Wildman–Crippen MR) is 63.8 cm³/mol. The van der Waals surface area contributed by atoms with Crippen molar-refractivity contribution in [2.45, 2.75) is 13.0 Å². The van der Waals surface area contributed by atoms with E-state index >= 15 is 0 Å². The maximum atomic E-state index is 11.5. The molecule has 17 heavy (non-hydrogen) atoms. The Kier molecular flexibility index (Phi) is 3.98. The standard InChI is InChI=1S/C13H17NO3/c1-16-12-4-2-10(3-5-12)9-17-13(15)6-11-7-14-8-11/h2-5,11,14H,6-9H2,1H3. The van der Waals surface area contributed by atoms with Gasteiger partial charge in [-0.15, -0.1) is 0 Å². The quantitative estimate of drug-likeness (QED) is 0.783. The molecule has 1 fully saturated rings. The largest absolute Gasteiger partial charge is 0.497 e. The van der Waals surface area contributed by atoms with Crippen LogP contribution in [-0.2, 0) is 16.1 Å². The van der Waals surface area contributed by atoms with Crippen molar-refractivity contribution in [2.24, 2.45) is 5.92 Å². The number of methoxy groups -OCH3 is 1. The van der Waals surface area contributed by atoms with E-state index in [9.17, 15) is 4.79 Å².